The van der Waals surface area contributed by atoms with E-state index in [0.717, 1.165) is 26.9 Å². The van der Waals surface area contributed by atoms with Gasteiger partial charge in [-0.15, -0.1) is 0 Å². The summed E-state index contributed by atoms with van der Waals surface area (Å²) in [6.07, 6.45) is 3.63. The zero-order valence-electron chi connectivity index (χ0n) is 10.2. The molecule has 0 amide bonds. The van der Waals surface area contributed by atoms with Crippen molar-refractivity contribution in [2.45, 2.75) is 0 Å². The molecule has 0 radical (unpaired) electrons. The van der Waals surface area contributed by atoms with Crippen LogP contribution in [0.1, 0.15) is 0 Å². The maximum absolute atomic E-state index is 5.65. The molecule has 3 rings (SSSR count). The molecule has 0 aliphatic carbocycles. The van der Waals surface area contributed by atoms with Gasteiger partial charge in [0.1, 0.15) is 11.4 Å². The molecule has 2 N–H and O–H groups in total. The molecule has 5 nitrogen and oxygen atoms in total. The van der Waals surface area contributed by atoms with Crippen LogP contribution in [0, 0.1) is 0 Å². The molecule has 2 aromatic heterocycles. The molecule has 0 bridgehead atoms. The first kappa shape index (κ1) is 12.0. The summed E-state index contributed by atoms with van der Waals surface area (Å²) in [5.41, 5.74) is 7.30. The molecule has 0 saturated carbocycles. The first-order valence-corrected chi connectivity index (χ1v) is 6.42. The lowest BCUT2D eigenvalue weighted by Crippen LogP contribution is -2.00. The second-order valence-electron chi connectivity index (χ2n) is 4.01. The Morgan fingerprint density at radius 1 is 1.32 bits per heavy atom. The Morgan fingerprint density at radius 2 is 2.16 bits per heavy atom. The van der Waals surface area contributed by atoms with Crippen molar-refractivity contribution in [3.05, 3.63) is 41.1 Å². The number of rotatable bonds is 2. The van der Waals surface area contributed by atoms with Crippen LogP contribution < -0.4 is 10.5 Å². The molecule has 2 heterocycles. The van der Waals surface area contributed by atoms with Gasteiger partial charge in [0.2, 0.25) is 5.95 Å². The summed E-state index contributed by atoms with van der Waals surface area (Å²) in [4.78, 5) is 8.26. The minimum atomic E-state index is 0.251. The van der Waals surface area contributed by atoms with E-state index in [0.29, 0.717) is 0 Å². The van der Waals surface area contributed by atoms with E-state index in [2.05, 4.69) is 25.9 Å². The second kappa shape index (κ2) is 4.55. The normalized spacial score (nSPS) is 10.8. The van der Waals surface area contributed by atoms with Gasteiger partial charge in [0.05, 0.1) is 12.8 Å². The van der Waals surface area contributed by atoms with Crippen LogP contribution in [0.25, 0.3) is 16.7 Å². The Labute approximate surface area is 118 Å². The number of hydrogen-bond acceptors (Lipinski definition) is 4. The average Bonchev–Trinajstić information content (AvgIpc) is 2.81. The fraction of sp³-hybridized carbons (Fsp3) is 0.0769. The molecule has 0 aliphatic heterocycles. The Bertz CT molecular complexity index is 753. The maximum atomic E-state index is 5.65. The van der Waals surface area contributed by atoms with Crippen LogP contribution in [0.5, 0.6) is 5.75 Å². The van der Waals surface area contributed by atoms with Crippen LogP contribution in [0.3, 0.4) is 0 Å². The molecule has 6 heteroatoms. The Balaban J connectivity index is 2.29. The number of nitrogen functional groups attached to an aromatic ring is 1. The molecule has 0 saturated heterocycles. The van der Waals surface area contributed by atoms with Gasteiger partial charge in [0.25, 0.3) is 0 Å². The highest BCUT2D eigenvalue weighted by Crippen LogP contribution is 2.29. The van der Waals surface area contributed by atoms with Gasteiger partial charge in [-0.3, -0.25) is 4.57 Å². The number of methoxy groups -OCH3 is 1. The van der Waals surface area contributed by atoms with E-state index in [1.807, 2.05) is 35.0 Å². The number of fused-ring (bicyclic) bond motifs is 1. The quantitative estimate of drug-likeness (QED) is 0.789. The molecular weight excluding hydrogens is 308 g/mol. The molecule has 0 atom stereocenters. The van der Waals surface area contributed by atoms with Gasteiger partial charge in [0, 0.05) is 22.3 Å². The van der Waals surface area contributed by atoms with Crippen LogP contribution in [0.15, 0.2) is 41.1 Å². The van der Waals surface area contributed by atoms with Crippen molar-refractivity contribution >= 4 is 32.9 Å². The Morgan fingerprint density at radius 3 is 2.95 bits per heavy atom. The van der Waals surface area contributed by atoms with Crippen LogP contribution in [-0.4, -0.2) is 21.6 Å². The highest BCUT2D eigenvalue weighted by molar-refractivity contribution is 9.10. The summed E-state index contributed by atoms with van der Waals surface area (Å²) in [5, 5.41) is 0.927. The lowest BCUT2D eigenvalue weighted by molar-refractivity contribution is 0.413. The van der Waals surface area contributed by atoms with E-state index in [4.69, 9.17) is 10.5 Å². The highest BCUT2D eigenvalue weighted by atomic mass is 79.9. The predicted molar refractivity (Wildman–Crippen MR) is 77.5 cm³/mol. The third-order valence-corrected chi connectivity index (χ3v) is 3.34. The number of ether oxygens (including phenoxy) is 1. The van der Waals surface area contributed by atoms with Gasteiger partial charge in [-0.05, 0) is 24.3 Å². The second-order valence-corrected chi connectivity index (χ2v) is 4.92. The molecule has 0 aliphatic rings. The largest absolute Gasteiger partial charge is 0.495 e. The number of anilines is 1. The topological polar surface area (TPSA) is 66.0 Å². The van der Waals surface area contributed by atoms with Crippen molar-refractivity contribution in [1.82, 2.24) is 14.5 Å². The van der Waals surface area contributed by atoms with Crippen molar-refractivity contribution in [3.8, 4) is 11.4 Å². The zero-order valence-corrected chi connectivity index (χ0v) is 11.8. The maximum Gasteiger partial charge on any atom is 0.221 e. The summed E-state index contributed by atoms with van der Waals surface area (Å²) in [6, 6.07) is 7.73. The van der Waals surface area contributed by atoms with Crippen molar-refractivity contribution < 1.29 is 4.74 Å². The van der Waals surface area contributed by atoms with Crippen molar-refractivity contribution in [3.63, 3.8) is 0 Å². The van der Waals surface area contributed by atoms with E-state index < -0.39 is 0 Å². The SMILES string of the molecule is COc1ccc(Br)cc1-n1ccc2cnc(N)nc21. The van der Waals surface area contributed by atoms with Gasteiger partial charge in [-0.2, -0.15) is 4.98 Å². The first-order valence-electron chi connectivity index (χ1n) is 5.62. The summed E-state index contributed by atoms with van der Waals surface area (Å²) in [7, 11) is 1.64. The van der Waals surface area contributed by atoms with Crippen molar-refractivity contribution in [1.29, 1.82) is 0 Å². The predicted octanol–water partition coefficient (Wildman–Crippen LogP) is 2.77. The number of halogens is 1. The lowest BCUT2D eigenvalue weighted by atomic mass is 10.3. The zero-order chi connectivity index (χ0) is 13.4. The molecular formula is C13H11BrN4O. The average molecular weight is 319 g/mol. The van der Waals surface area contributed by atoms with Gasteiger partial charge in [-0.25, -0.2) is 4.98 Å². The number of nitrogens with two attached hydrogens (primary N) is 1. The minimum absolute atomic E-state index is 0.251. The summed E-state index contributed by atoms with van der Waals surface area (Å²) >= 11 is 3.46. The standard InChI is InChI=1S/C13H11BrN4O/c1-19-11-3-2-9(14)6-10(11)18-5-4-8-7-16-13(15)17-12(8)18/h2-7H,1H3,(H2,15,16,17). The summed E-state index contributed by atoms with van der Waals surface area (Å²) in [6.45, 7) is 0. The van der Waals surface area contributed by atoms with Gasteiger partial charge >= 0.3 is 0 Å². The number of hydrogen-bond donors (Lipinski definition) is 1. The highest BCUT2D eigenvalue weighted by Gasteiger charge is 2.10. The molecule has 0 spiro atoms. The van der Waals surface area contributed by atoms with Crippen molar-refractivity contribution in [2.24, 2.45) is 0 Å². The fourth-order valence-electron chi connectivity index (χ4n) is 1.98. The van der Waals surface area contributed by atoms with E-state index in [1.165, 1.54) is 0 Å². The fourth-order valence-corrected chi connectivity index (χ4v) is 2.33. The first-order chi connectivity index (χ1) is 9.19. The summed E-state index contributed by atoms with van der Waals surface area (Å²) < 4.78 is 8.28. The molecule has 3 aromatic rings. The Hall–Kier alpha value is -2.08. The Kier molecular flexibility index (Phi) is 2.87. The van der Waals surface area contributed by atoms with Gasteiger partial charge in [-0.1, -0.05) is 15.9 Å². The van der Waals surface area contributed by atoms with Gasteiger partial charge < -0.3 is 10.5 Å². The van der Waals surface area contributed by atoms with Crippen LogP contribution in [0.4, 0.5) is 5.95 Å². The third-order valence-electron chi connectivity index (χ3n) is 2.85. The van der Waals surface area contributed by atoms with E-state index in [9.17, 15) is 0 Å². The number of aromatic nitrogens is 3. The third kappa shape index (κ3) is 2.04. The molecule has 19 heavy (non-hydrogen) atoms. The van der Waals surface area contributed by atoms with E-state index >= 15 is 0 Å². The monoisotopic (exact) mass is 318 g/mol. The van der Waals surface area contributed by atoms with Crippen LogP contribution in [-0.2, 0) is 0 Å². The van der Waals surface area contributed by atoms with Crippen LogP contribution >= 0.6 is 15.9 Å². The molecule has 1 aromatic carbocycles. The molecule has 0 unspecified atom stereocenters. The minimum Gasteiger partial charge on any atom is -0.495 e. The lowest BCUT2D eigenvalue weighted by Gasteiger charge is -2.11. The number of benzene rings is 1. The van der Waals surface area contributed by atoms with Gasteiger partial charge in [0.15, 0.2) is 0 Å². The number of nitrogens with zero attached hydrogens (tertiary/aromatic N) is 3. The smallest absolute Gasteiger partial charge is 0.221 e. The van der Waals surface area contributed by atoms with E-state index in [1.54, 1.807) is 13.3 Å². The molecule has 96 valence electrons. The van der Waals surface area contributed by atoms with E-state index in [-0.39, 0.29) is 5.95 Å². The van der Waals surface area contributed by atoms with Crippen LogP contribution in [0.2, 0.25) is 0 Å². The molecule has 0 fully saturated rings. The van der Waals surface area contributed by atoms with Crippen molar-refractivity contribution in [2.75, 3.05) is 12.8 Å². The summed E-state index contributed by atoms with van der Waals surface area (Å²) in [5.74, 6) is 1.01.